The minimum atomic E-state index is -0.0153. The van der Waals surface area contributed by atoms with Gasteiger partial charge in [0.05, 0.1) is 29.9 Å². The lowest BCUT2D eigenvalue weighted by Gasteiger charge is -2.10. The molecule has 0 bridgehead atoms. The molecule has 2 aromatic heterocycles. The van der Waals surface area contributed by atoms with Gasteiger partial charge in [-0.1, -0.05) is 27.7 Å². The maximum atomic E-state index is 12.4. The molecule has 0 aliphatic heterocycles. The third-order valence-corrected chi connectivity index (χ3v) is 5.74. The maximum Gasteiger partial charge on any atom is 0.224 e. The van der Waals surface area contributed by atoms with Crippen LogP contribution in [0, 0.1) is 6.92 Å². The first kappa shape index (κ1) is 18.6. The summed E-state index contributed by atoms with van der Waals surface area (Å²) in [5, 5.41) is 7.12. The molecule has 0 radical (unpaired) electrons. The normalized spacial score (nSPS) is 11.7. The SMILES string of the molecule is Cc1cc2occ(CC(=O)NCc3csc(C(C)C)n3)c2cc1C(C)C. The first-order chi connectivity index (χ1) is 12.3. The Morgan fingerprint density at radius 3 is 2.65 bits per heavy atom. The van der Waals surface area contributed by atoms with Crippen LogP contribution in [0.3, 0.4) is 0 Å². The van der Waals surface area contributed by atoms with Crippen LogP contribution >= 0.6 is 11.3 Å². The maximum absolute atomic E-state index is 12.4. The topological polar surface area (TPSA) is 55.1 Å². The first-order valence-electron chi connectivity index (χ1n) is 9.06. The van der Waals surface area contributed by atoms with Crippen molar-refractivity contribution in [3.63, 3.8) is 0 Å². The van der Waals surface area contributed by atoms with Crippen LogP contribution in [0.15, 0.2) is 28.2 Å². The van der Waals surface area contributed by atoms with Gasteiger partial charge >= 0.3 is 0 Å². The molecule has 0 aliphatic carbocycles. The largest absolute Gasteiger partial charge is 0.464 e. The Bertz CT molecular complexity index is 921. The van der Waals surface area contributed by atoms with Crippen molar-refractivity contribution in [2.75, 3.05) is 0 Å². The van der Waals surface area contributed by atoms with Gasteiger partial charge in [0.25, 0.3) is 0 Å². The van der Waals surface area contributed by atoms with E-state index in [1.54, 1.807) is 17.6 Å². The number of amides is 1. The molecule has 5 heteroatoms. The number of rotatable bonds is 6. The second-order valence-corrected chi connectivity index (χ2v) is 8.30. The number of fused-ring (bicyclic) bond motifs is 1. The average molecular weight is 371 g/mol. The smallest absolute Gasteiger partial charge is 0.224 e. The highest BCUT2D eigenvalue weighted by Gasteiger charge is 2.14. The Morgan fingerprint density at radius 2 is 2.00 bits per heavy atom. The summed E-state index contributed by atoms with van der Waals surface area (Å²) in [5.74, 6) is 0.842. The van der Waals surface area contributed by atoms with E-state index in [0.717, 1.165) is 27.2 Å². The molecule has 0 spiro atoms. The number of nitrogens with zero attached hydrogens (tertiary/aromatic N) is 1. The highest BCUT2D eigenvalue weighted by molar-refractivity contribution is 7.09. The number of thiazole rings is 1. The van der Waals surface area contributed by atoms with E-state index in [9.17, 15) is 4.79 Å². The predicted octanol–water partition coefficient (Wildman–Crippen LogP) is 5.30. The van der Waals surface area contributed by atoms with Gasteiger partial charge < -0.3 is 9.73 Å². The highest BCUT2D eigenvalue weighted by atomic mass is 32.1. The fraction of sp³-hybridized carbons (Fsp3) is 0.429. The van der Waals surface area contributed by atoms with E-state index in [4.69, 9.17) is 4.42 Å². The van der Waals surface area contributed by atoms with Gasteiger partial charge in [-0.15, -0.1) is 11.3 Å². The molecule has 3 rings (SSSR count). The molecule has 138 valence electrons. The molecule has 1 amide bonds. The van der Waals surface area contributed by atoms with Crippen molar-refractivity contribution in [1.29, 1.82) is 0 Å². The number of nitrogens with one attached hydrogen (secondary N) is 1. The number of hydrogen-bond acceptors (Lipinski definition) is 4. The summed E-state index contributed by atoms with van der Waals surface area (Å²) in [6.07, 6.45) is 2.02. The summed E-state index contributed by atoms with van der Waals surface area (Å²) in [4.78, 5) is 16.9. The molecule has 0 fully saturated rings. The Hall–Kier alpha value is -2.14. The standard InChI is InChI=1S/C21H26N2O2S/c1-12(2)17-8-18-15(10-25-19(18)6-14(17)5)7-20(24)22-9-16-11-26-21(23-16)13(3)4/h6,8,10-13H,7,9H2,1-5H3,(H,22,24). The van der Waals surface area contributed by atoms with Crippen LogP contribution in [0.4, 0.5) is 0 Å². The van der Waals surface area contributed by atoms with Crippen molar-refractivity contribution in [1.82, 2.24) is 10.3 Å². The van der Waals surface area contributed by atoms with Crippen molar-refractivity contribution in [2.24, 2.45) is 0 Å². The molecule has 0 unspecified atom stereocenters. The second-order valence-electron chi connectivity index (χ2n) is 7.41. The molecular weight excluding hydrogens is 344 g/mol. The van der Waals surface area contributed by atoms with E-state index >= 15 is 0 Å². The molecule has 2 heterocycles. The minimum Gasteiger partial charge on any atom is -0.464 e. The van der Waals surface area contributed by atoms with Crippen LogP contribution in [0.25, 0.3) is 11.0 Å². The molecule has 4 nitrogen and oxygen atoms in total. The number of benzene rings is 1. The molecule has 0 saturated carbocycles. The zero-order valence-corrected chi connectivity index (χ0v) is 16.9. The van der Waals surface area contributed by atoms with Crippen molar-refractivity contribution in [3.8, 4) is 0 Å². The first-order valence-corrected chi connectivity index (χ1v) is 9.94. The van der Waals surface area contributed by atoms with Crippen LogP contribution in [0.1, 0.15) is 66.9 Å². The Morgan fingerprint density at radius 1 is 1.23 bits per heavy atom. The number of furan rings is 1. The van der Waals surface area contributed by atoms with E-state index in [-0.39, 0.29) is 5.91 Å². The van der Waals surface area contributed by atoms with Crippen LogP contribution in [-0.2, 0) is 17.8 Å². The van der Waals surface area contributed by atoms with Crippen molar-refractivity contribution in [2.45, 2.75) is 59.4 Å². The van der Waals surface area contributed by atoms with Gasteiger partial charge in [-0.25, -0.2) is 4.98 Å². The Balaban J connectivity index is 1.69. The summed E-state index contributed by atoms with van der Waals surface area (Å²) in [5.41, 5.74) is 5.21. The van der Waals surface area contributed by atoms with Gasteiger partial charge in [0.15, 0.2) is 0 Å². The minimum absolute atomic E-state index is 0.0153. The lowest BCUT2D eigenvalue weighted by atomic mass is 9.95. The molecule has 1 N–H and O–H groups in total. The van der Waals surface area contributed by atoms with Gasteiger partial charge in [0.1, 0.15) is 5.58 Å². The van der Waals surface area contributed by atoms with Gasteiger partial charge in [0, 0.05) is 22.2 Å². The summed E-state index contributed by atoms with van der Waals surface area (Å²) in [6.45, 7) is 11.2. The Kier molecular flexibility index (Phi) is 5.47. The monoisotopic (exact) mass is 370 g/mol. The quantitative estimate of drug-likeness (QED) is 0.640. The van der Waals surface area contributed by atoms with Gasteiger partial charge in [-0.3, -0.25) is 4.79 Å². The van der Waals surface area contributed by atoms with E-state index in [1.807, 2.05) is 5.38 Å². The Labute approximate surface area is 158 Å². The number of carbonyl (C=O) groups excluding carboxylic acids is 1. The third-order valence-electron chi connectivity index (χ3n) is 4.55. The lowest BCUT2D eigenvalue weighted by Crippen LogP contribution is -2.24. The van der Waals surface area contributed by atoms with E-state index < -0.39 is 0 Å². The van der Waals surface area contributed by atoms with E-state index in [2.05, 4.69) is 57.1 Å². The number of hydrogen-bond donors (Lipinski definition) is 1. The number of aryl methyl sites for hydroxylation is 1. The zero-order valence-electron chi connectivity index (χ0n) is 16.1. The van der Waals surface area contributed by atoms with E-state index in [1.165, 1.54) is 11.1 Å². The lowest BCUT2D eigenvalue weighted by molar-refractivity contribution is -0.120. The molecule has 3 aromatic rings. The van der Waals surface area contributed by atoms with Crippen LogP contribution < -0.4 is 5.32 Å². The van der Waals surface area contributed by atoms with Crippen molar-refractivity contribution < 1.29 is 9.21 Å². The molecule has 26 heavy (non-hydrogen) atoms. The van der Waals surface area contributed by atoms with Crippen LogP contribution in [0.2, 0.25) is 0 Å². The van der Waals surface area contributed by atoms with E-state index in [0.29, 0.717) is 24.8 Å². The summed E-state index contributed by atoms with van der Waals surface area (Å²) >= 11 is 1.64. The van der Waals surface area contributed by atoms with Gasteiger partial charge in [0.2, 0.25) is 5.91 Å². The average Bonchev–Trinajstić information content (AvgIpc) is 3.19. The van der Waals surface area contributed by atoms with Crippen molar-refractivity contribution >= 4 is 28.2 Å². The fourth-order valence-corrected chi connectivity index (χ4v) is 3.93. The van der Waals surface area contributed by atoms with Crippen molar-refractivity contribution in [3.05, 3.63) is 51.2 Å². The van der Waals surface area contributed by atoms with Crippen LogP contribution in [-0.4, -0.2) is 10.9 Å². The third kappa shape index (κ3) is 3.98. The fourth-order valence-electron chi connectivity index (χ4n) is 3.10. The zero-order chi connectivity index (χ0) is 18.8. The van der Waals surface area contributed by atoms with Gasteiger partial charge in [-0.2, -0.15) is 0 Å². The summed E-state index contributed by atoms with van der Waals surface area (Å²) in [6, 6.07) is 4.23. The second kappa shape index (κ2) is 7.62. The summed E-state index contributed by atoms with van der Waals surface area (Å²) in [7, 11) is 0. The molecule has 0 saturated heterocycles. The number of aromatic nitrogens is 1. The molecule has 1 aromatic carbocycles. The predicted molar refractivity (Wildman–Crippen MR) is 107 cm³/mol. The molecule has 0 aliphatic rings. The molecular formula is C21H26N2O2S. The molecule has 0 atom stereocenters. The summed E-state index contributed by atoms with van der Waals surface area (Å²) < 4.78 is 5.67. The number of carbonyl (C=O) groups is 1. The van der Waals surface area contributed by atoms with Gasteiger partial charge in [-0.05, 0) is 36.1 Å². The highest BCUT2D eigenvalue weighted by Crippen LogP contribution is 2.29. The van der Waals surface area contributed by atoms with Crippen LogP contribution in [0.5, 0.6) is 0 Å².